The van der Waals surface area contributed by atoms with Crippen molar-refractivity contribution >= 4 is 17.7 Å². The first kappa shape index (κ1) is 30.5. The van der Waals surface area contributed by atoms with Crippen molar-refractivity contribution in [2.75, 3.05) is 13.1 Å². The molecule has 4 aromatic rings. The highest BCUT2D eigenvalue weighted by Crippen LogP contribution is 2.20. The lowest BCUT2D eigenvalue weighted by atomic mass is 10.0. The Morgan fingerprint density at radius 1 is 1.05 bits per heavy atom. The lowest BCUT2D eigenvalue weighted by Gasteiger charge is -2.23. The second kappa shape index (κ2) is 14.0. The van der Waals surface area contributed by atoms with Gasteiger partial charge in [-0.3, -0.25) is 24.3 Å². The molecule has 0 saturated carbocycles. The molecule has 13 heteroatoms. The van der Waals surface area contributed by atoms with Gasteiger partial charge in [-0.05, 0) is 30.9 Å². The number of nitrogens with one attached hydrogen (secondary N) is 3. The van der Waals surface area contributed by atoms with E-state index in [0.29, 0.717) is 50.0 Å². The third kappa shape index (κ3) is 7.92. The number of nitrogens with zero attached hydrogens (tertiary/aromatic N) is 6. The van der Waals surface area contributed by atoms with Crippen molar-refractivity contribution in [2.45, 2.75) is 58.9 Å². The molecule has 230 valence electrons. The number of aromatic nitrogens is 5. The summed E-state index contributed by atoms with van der Waals surface area (Å²) in [6.45, 7) is 7.35. The number of fused-ring (bicyclic) bond motifs is 3. The molecule has 0 radical (unpaired) electrons. The minimum atomic E-state index is -0.834. The fraction of sp³-hybridized carbons (Fsp3) is 0.387. The monoisotopic (exact) mass is 599 g/mol. The smallest absolute Gasteiger partial charge is 0.274 e. The first-order valence-corrected chi connectivity index (χ1v) is 14.7. The zero-order valence-corrected chi connectivity index (χ0v) is 25.1. The van der Waals surface area contributed by atoms with Crippen LogP contribution >= 0.6 is 0 Å². The summed E-state index contributed by atoms with van der Waals surface area (Å²) in [5, 5.41) is 17.4. The molecule has 13 nitrogen and oxygen atoms in total. The molecule has 1 aliphatic rings. The standard InChI is InChI=1S/C31H37N9O4/c1-20(2)14-25-30(42)34-21(3)29-36-28(23-9-5-4-6-10-23)37-40(29)19-27(41)33-12-13-39(17-22-8-7-11-32-16-22)18-24-15-26(38-44-24)31(43)35-25/h4-11,15-16,20-21,25H,12-14,17-19H2,1-3H3,(H,33,41)(H,34,42)(H,35,43)/t21-,25+/m0/s1. The molecule has 3 N–H and O–H groups in total. The molecular formula is C31H37N9O4. The summed E-state index contributed by atoms with van der Waals surface area (Å²) < 4.78 is 7.02. The Labute approximate surface area is 255 Å². The van der Waals surface area contributed by atoms with Gasteiger partial charge < -0.3 is 20.5 Å². The molecule has 5 rings (SSSR count). The fourth-order valence-electron chi connectivity index (χ4n) is 5.04. The summed E-state index contributed by atoms with van der Waals surface area (Å²) in [6, 6.07) is 13.4. The normalized spacial score (nSPS) is 19.0. The van der Waals surface area contributed by atoms with E-state index in [0.717, 1.165) is 11.1 Å². The minimum absolute atomic E-state index is 0.0811. The fourth-order valence-corrected chi connectivity index (χ4v) is 5.04. The van der Waals surface area contributed by atoms with Crippen LogP contribution in [0.3, 0.4) is 0 Å². The van der Waals surface area contributed by atoms with E-state index in [1.54, 1.807) is 25.4 Å². The highest BCUT2D eigenvalue weighted by molar-refractivity contribution is 5.96. The average molecular weight is 600 g/mol. The highest BCUT2D eigenvalue weighted by Gasteiger charge is 2.28. The van der Waals surface area contributed by atoms with Gasteiger partial charge in [0.1, 0.15) is 18.4 Å². The van der Waals surface area contributed by atoms with Crippen molar-refractivity contribution in [3.63, 3.8) is 0 Å². The van der Waals surface area contributed by atoms with Gasteiger partial charge in [0.15, 0.2) is 17.3 Å². The van der Waals surface area contributed by atoms with E-state index < -0.39 is 18.0 Å². The zero-order chi connectivity index (χ0) is 31.1. The summed E-state index contributed by atoms with van der Waals surface area (Å²) in [7, 11) is 0. The summed E-state index contributed by atoms with van der Waals surface area (Å²) >= 11 is 0. The second-order valence-corrected chi connectivity index (χ2v) is 11.3. The van der Waals surface area contributed by atoms with Crippen LogP contribution in [0.4, 0.5) is 0 Å². The SMILES string of the molecule is CC(C)C[C@H]1NC(=O)c2cc(on2)CN(Cc2cccnc2)CCNC(=O)Cn2nc(-c3ccccc3)nc2[C@H](C)NC1=O. The summed E-state index contributed by atoms with van der Waals surface area (Å²) in [4.78, 5) is 50.8. The molecule has 3 aromatic heterocycles. The zero-order valence-electron chi connectivity index (χ0n) is 25.1. The Morgan fingerprint density at radius 2 is 1.86 bits per heavy atom. The molecular weight excluding hydrogens is 562 g/mol. The number of rotatable bonds is 5. The van der Waals surface area contributed by atoms with Crippen molar-refractivity contribution in [1.29, 1.82) is 0 Å². The number of carbonyl (C=O) groups excluding carboxylic acids is 3. The van der Waals surface area contributed by atoms with E-state index in [2.05, 4.69) is 36.1 Å². The molecule has 2 atom stereocenters. The highest BCUT2D eigenvalue weighted by atomic mass is 16.5. The van der Waals surface area contributed by atoms with Crippen LogP contribution in [-0.4, -0.2) is 66.7 Å². The lowest BCUT2D eigenvalue weighted by molar-refractivity contribution is -0.124. The summed E-state index contributed by atoms with van der Waals surface area (Å²) in [5.41, 5.74) is 1.85. The second-order valence-electron chi connectivity index (χ2n) is 11.3. The number of pyridine rings is 1. The number of hydrogen-bond acceptors (Lipinski definition) is 9. The Hall–Kier alpha value is -4.91. The first-order chi connectivity index (χ1) is 21.2. The third-order valence-electron chi connectivity index (χ3n) is 7.15. The Kier molecular flexibility index (Phi) is 9.75. The van der Waals surface area contributed by atoms with E-state index in [1.165, 1.54) is 4.68 Å². The molecule has 1 aromatic carbocycles. The Morgan fingerprint density at radius 3 is 2.61 bits per heavy atom. The van der Waals surface area contributed by atoms with E-state index in [4.69, 9.17) is 9.51 Å². The van der Waals surface area contributed by atoms with Gasteiger partial charge in [0.05, 0.1) is 12.6 Å². The molecule has 1 aliphatic heterocycles. The van der Waals surface area contributed by atoms with Crippen molar-refractivity contribution in [1.82, 2.24) is 45.8 Å². The van der Waals surface area contributed by atoms with Crippen LogP contribution in [0.5, 0.6) is 0 Å². The van der Waals surface area contributed by atoms with E-state index in [9.17, 15) is 14.4 Å². The quantitative estimate of drug-likeness (QED) is 0.313. The van der Waals surface area contributed by atoms with Crippen molar-refractivity contribution in [3.05, 3.63) is 83.8 Å². The predicted molar refractivity (Wildman–Crippen MR) is 161 cm³/mol. The maximum Gasteiger partial charge on any atom is 0.274 e. The van der Waals surface area contributed by atoms with Gasteiger partial charge in [-0.1, -0.05) is 55.4 Å². The molecule has 0 unspecified atom stereocenters. The van der Waals surface area contributed by atoms with Crippen LogP contribution < -0.4 is 16.0 Å². The van der Waals surface area contributed by atoms with Gasteiger partial charge >= 0.3 is 0 Å². The molecule has 0 spiro atoms. The molecule has 0 aliphatic carbocycles. The van der Waals surface area contributed by atoms with Gasteiger partial charge in [-0.25, -0.2) is 9.67 Å². The van der Waals surface area contributed by atoms with Crippen LogP contribution in [0, 0.1) is 5.92 Å². The number of carbonyl (C=O) groups is 3. The third-order valence-corrected chi connectivity index (χ3v) is 7.15. The van der Waals surface area contributed by atoms with Crippen LogP contribution in [0.1, 0.15) is 60.9 Å². The molecule has 0 fully saturated rings. The van der Waals surface area contributed by atoms with E-state index in [1.807, 2.05) is 56.3 Å². The van der Waals surface area contributed by atoms with Crippen molar-refractivity contribution < 1.29 is 18.9 Å². The maximum atomic E-state index is 13.5. The van der Waals surface area contributed by atoms with Gasteiger partial charge in [0.2, 0.25) is 11.8 Å². The van der Waals surface area contributed by atoms with Gasteiger partial charge in [-0.2, -0.15) is 5.10 Å². The average Bonchev–Trinajstić information content (AvgIpc) is 3.64. The number of benzene rings is 1. The maximum absolute atomic E-state index is 13.5. The van der Waals surface area contributed by atoms with E-state index >= 15 is 0 Å². The van der Waals surface area contributed by atoms with Crippen molar-refractivity contribution in [3.8, 4) is 11.4 Å². The summed E-state index contributed by atoms with van der Waals surface area (Å²) in [6.07, 6.45) is 3.89. The summed E-state index contributed by atoms with van der Waals surface area (Å²) in [5.74, 6) is 0.320. The van der Waals surface area contributed by atoms with E-state index in [-0.39, 0.29) is 30.0 Å². The Balaban J connectivity index is 1.45. The van der Waals surface area contributed by atoms with Crippen LogP contribution in [0.25, 0.3) is 11.4 Å². The lowest BCUT2D eigenvalue weighted by Crippen LogP contribution is -2.48. The molecule has 2 bridgehead atoms. The van der Waals surface area contributed by atoms with Crippen molar-refractivity contribution in [2.24, 2.45) is 5.92 Å². The van der Waals surface area contributed by atoms with Gasteiger partial charge in [-0.15, -0.1) is 0 Å². The van der Waals surface area contributed by atoms with Crippen LogP contribution in [-0.2, 0) is 29.2 Å². The molecule has 0 saturated heterocycles. The van der Waals surface area contributed by atoms with Crippen LogP contribution in [0.15, 0.2) is 65.4 Å². The van der Waals surface area contributed by atoms with Crippen LogP contribution in [0.2, 0.25) is 0 Å². The largest absolute Gasteiger partial charge is 0.359 e. The molecule has 3 amide bonds. The predicted octanol–water partition coefficient (Wildman–Crippen LogP) is 2.48. The number of hydrogen-bond donors (Lipinski definition) is 3. The molecule has 4 heterocycles. The topological polar surface area (TPSA) is 160 Å². The van der Waals surface area contributed by atoms with Gasteiger partial charge in [0.25, 0.3) is 5.91 Å². The first-order valence-electron chi connectivity index (χ1n) is 14.7. The Bertz CT molecular complexity index is 1570. The van der Waals surface area contributed by atoms with Gasteiger partial charge in [0, 0.05) is 43.7 Å². The number of amides is 3. The minimum Gasteiger partial charge on any atom is -0.359 e. The molecule has 44 heavy (non-hydrogen) atoms.